The van der Waals surface area contributed by atoms with Crippen molar-refractivity contribution in [1.29, 1.82) is 0 Å². The second-order valence-corrected chi connectivity index (χ2v) is 8.99. The fourth-order valence-electron chi connectivity index (χ4n) is 4.48. The number of hydrogen-bond acceptors (Lipinski definition) is 5. The van der Waals surface area contributed by atoms with Crippen molar-refractivity contribution in [3.63, 3.8) is 0 Å². The highest BCUT2D eigenvalue weighted by Gasteiger charge is 2.45. The first-order valence-electron chi connectivity index (χ1n) is 11.4. The molecule has 1 aromatic carbocycles. The number of amides is 1. The molecule has 1 aliphatic carbocycles. The number of halogens is 3. The van der Waals surface area contributed by atoms with Crippen molar-refractivity contribution >= 4 is 22.8 Å². The molecule has 1 aromatic heterocycles. The highest BCUT2D eigenvalue weighted by Crippen LogP contribution is 2.36. The van der Waals surface area contributed by atoms with Crippen LogP contribution in [-0.4, -0.2) is 72.1 Å². The first kappa shape index (κ1) is 24.4. The average molecular weight is 480 g/mol. The van der Waals surface area contributed by atoms with Gasteiger partial charge in [-0.15, -0.1) is 0 Å². The Morgan fingerprint density at radius 1 is 1.18 bits per heavy atom. The van der Waals surface area contributed by atoms with Crippen LogP contribution < -0.4 is 0 Å². The Kier molecular flexibility index (Phi) is 7.37. The van der Waals surface area contributed by atoms with Gasteiger partial charge in [0.25, 0.3) is 5.91 Å². The number of hydrogen-bond donors (Lipinski definition) is 1. The highest BCUT2D eigenvalue weighted by molar-refractivity contribution is 6.06. The quantitative estimate of drug-likeness (QED) is 0.634. The molecule has 3 heterocycles. The van der Waals surface area contributed by atoms with E-state index in [2.05, 4.69) is 4.98 Å². The minimum Gasteiger partial charge on any atom is -0.475 e. The molecule has 7 nitrogen and oxygen atoms in total. The van der Waals surface area contributed by atoms with Crippen LogP contribution >= 0.6 is 0 Å². The molecular formula is C24H27F3N2O5. The normalized spacial score (nSPS) is 24.0. The van der Waals surface area contributed by atoms with Crippen molar-refractivity contribution in [2.45, 2.75) is 31.5 Å². The van der Waals surface area contributed by atoms with E-state index in [4.69, 9.17) is 19.4 Å². The van der Waals surface area contributed by atoms with Gasteiger partial charge in [-0.2, -0.15) is 13.2 Å². The number of aromatic nitrogens is 1. The number of alkyl halides is 3. The summed E-state index contributed by atoms with van der Waals surface area (Å²) in [4.78, 5) is 28.4. The number of likely N-dealkylation sites (tertiary alicyclic amines) is 1. The molecule has 0 radical (unpaired) electrons. The van der Waals surface area contributed by atoms with E-state index in [0.29, 0.717) is 18.4 Å². The first-order chi connectivity index (χ1) is 16.2. The lowest BCUT2D eigenvalue weighted by Gasteiger charge is -2.20. The van der Waals surface area contributed by atoms with Crippen LogP contribution in [0.2, 0.25) is 0 Å². The maximum Gasteiger partial charge on any atom is 0.490 e. The monoisotopic (exact) mass is 480 g/mol. The zero-order valence-corrected chi connectivity index (χ0v) is 18.5. The average Bonchev–Trinajstić information content (AvgIpc) is 3.42. The Balaban J connectivity index is 0.000000344. The number of pyridine rings is 1. The zero-order valence-electron chi connectivity index (χ0n) is 18.5. The maximum atomic E-state index is 13.2. The van der Waals surface area contributed by atoms with Crippen molar-refractivity contribution < 1.29 is 37.3 Å². The number of aliphatic carboxylic acids is 1. The van der Waals surface area contributed by atoms with Gasteiger partial charge in [-0.25, -0.2) is 4.79 Å². The van der Waals surface area contributed by atoms with Crippen LogP contribution in [0.4, 0.5) is 13.2 Å². The molecule has 1 N–H and O–H groups in total. The highest BCUT2D eigenvalue weighted by atomic mass is 19.4. The molecule has 2 aliphatic heterocycles. The van der Waals surface area contributed by atoms with Crippen LogP contribution in [0.1, 0.15) is 29.6 Å². The first-order valence-corrected chi connectivity index (χ1v) is 11.4. The number of nitrogens with zero attached hydrogens (tertiary/aromatic N) is 2. The van der Waals surface area contributed by atoms with E-state index in [1.54, 1.807) is 6.20 Å². The van der Waals surface area contributed by atoms with Gasteiger partial charge in [0.1, 0.15) is 0 Å². The summed E-state index contributed by atoms with van der Waals surface area (Å²) >= 11 is 0. The maximum absolute atomic E-state index is 13.2. The molecule has 3 fully saturated rings. The van der Waals surface area contributed by atoms with Gasteiger partial charge in [0, 0.05) is 43.8 Å². The smallest absolute Gasteiger partial charge is 0.475 e. The molecule has 0 unspecified atom stereocenters. The number of carbonyl (C=O) groups is 2. The summed E-state index contributed by atoms with van der Waals surface area (Å²) in [6.45, 7) is 4.02. The third-order valence-electron chi connectivity index (χ3n) is 6.53. The summed E-state index contributed by atoms with van der Waals surface area (Å²) < 4.78 is 43.6. The van der Waals surface area contributed by atoms with E-state index < -0.39 is 12.1 Å². The minimum absolute atomic E-state index is 0.0929. The summed E-state index contributed by atoms with van der Waals surface area (Å²) in [5.41, 5.74) is 1.61. The standard InChI is InChI=1S/C22H26N2O3.C2HF3O2/c25-22(18-7-9-23-20-4-2-1-3-17(18)20)24-11-19-16(14-27-21(19)12-24)8-10-26-13-15-5-6-15;3-2(4,5)1(6)7/h1-4,7,9,15-16,19,21H,5-6,8,10-14H2;(H,6,7)/t16-,19-,21-;/m0./s1. The third-order valence-corrected chi connectivity index (χ3v) is 6.53. The Morgan fingerprint density at radius 2 is 1.91 bits per heavy atom. The summed E-state index contributed by atoms with van der Waals surface area (Å²) in [5, 5.41) is 8.05. The summed E-state index contributed by atoms with van der Waals surface area (Å²) in [6.07, 6.45) is 0.517. The number of ether oxygens (including phenoxy) is 2. The van der Waals surface area contributed by atoms with Crippen molar-refractivity contribution in [2.75, 3.05) is 32.9 Å². The Labute approximate surface area is 194 Å². The topological polar surface area (TPSA) is 89.0 Å². The van der Waals surface area contributed by atoms with E-state index in [-0.39, 0.29) is 12.0 Å². The van der Waals surface area contributed by atoms with Crippen molar-refractivity contribution in [3.8, 4) is 0 Å². The van der Waals surface area contributed by atoms with Gasteiger partial charge in [0.15, 0.2) is 0 Å². The van der Waals surface area contributed by atoms with Crippen LogP contribution in [0.5, 0.6) is 0 Å². The van der Waals surface area contributed by atoms with Crippen molar-refractivity contribution in [2.24, 2.45) is 17.8 Å². The van der Waals surface area contributed by atoms with Gasteiger partial charge in [-0.05, 0) is 43.2 Å². The lowest BCUT2D eigenvalue weighted by molar-refractivity contribution is -0.192. The number of fused-ring (bicyclic) bond motifs is 2. The molecule has 184 valence electrons. The zero-order chi connectivity index (χ0) is 24.3. The van der Waals surface area contributed by atoms with Gasteiger partial charge in [0.05, 0.1) is 23.8 Å². The number of benzene rings is 1. The Hall–Kier alpha value is -2.72. The van der Waals surface area contributed by atoms with Gasteiger partial charge >= 0.3 is 12.1 Å². The van der Waals surface area contributed by atoms with Crippen LogP contribution in [0, 0.1) is 17.8 Å². The molecule has 1 saturated carbocycles. The molecule has 3 aliphatic rings. The van der Waals surface area contributed by atoms with Crippen molar-refractivity contribution in [3.05, 3.63) is 42.1 Å². The van der Waals surface area contributed by atoms with E-state index in [1.165, 1.54) is 12.8 Å². The van der Waals surface area contributed by atoms with Gasteiger partial charge in [-0.3, -0.25) is 9.78 Å². The summed E-state index contributed by atoms with van der Waals surface area (Å²) in [5.74, 6) is -0.914. The number of carbonyl (C=O) groups excluding carboxylic acids is 1. The summed E-state index contributed by atoms with van der Waals surface area (Å²) in [7, 11) is 0. The molecular weight excluding hydrogens is 453 g/mol. The minimum atomic E-state index is -5.08. The van der Waals surface area contributed by atoms with Crippen LogP contribution in [0.25, 0.3) is 10.9 Å². The number of carboxylic acid groups (broad SMARTS) is 1. The van der Waals surface area contributed by atoms with Crippen LogP contribution in [-0.2, 0) is 14.3 Å². The van der Waals surface area contributed by atoms with Crippen LogP contribution in [0.15, 0.2) is 36.5 Å². The number of para-hydroxylation sites is 1. The largest absolute Gasteiger partial charge is 0.490 e. The Morgan fingerprint density at radius 3 is 2.62 bits per heavy atom. The number of rotatable bonds is 6. The van der Waals surface area contributed by atoms with Crippen LogP contribution in [0.3, 0.4) is 0 Å². The molecule has 34 heavy (non-hydrogen) atoms. The summed E-state index contributed by atoms with van der Waals surface area (Å²) in [6, 6.07) is 9.67. The molecule has 2 aromatic rings. The molecule has 1 amide bonds. The number of carboxylic acids is 1. The lowest BCUT2D eigenvalue weighted by atomic mass is 9.91. The van der Waals surface area contributed by atoms with E-state index >= 15 is 0 Å². The Bertz CT molecular complexity index is 1020. The molecule has 5 rings (SSSR count). The van der Waals surface area contributed by atoms with E-state index in [0.717, 1.165) is 55.2 Å². The van der Waals surface area contributed by atoms with Crippen molar-refractivity contribution in [1.82, 2.24) is 9.88 Å². The van der Waals surface area contributed by atoms with Gasteiger partial charge < -0.3 is 19.5 Å². The molecule has 3 atom stereocenters. The third kappa shape index (κ3) is 5.85. The predicted molar refractivity (Wildman–Crippen MR) is 116 cm³/mol. The predicted octanol–water partition coefficient (Wildman–Crippen LogP) is 3.77. The van der Waals surface area contributed by atoms with Gasteiger partial charge in [0.2, 0.25) is 0 Å². The molecule has 2 saturated heterocycles. The SMILES string of the molecule is O=C(O)C(F)(F)F.O=C(c1ccnc2ccccc12)N1C[C@H]2[C@@H](CCOCC3CC3)CO[C@H]2C1. The molecule has 10 heteroatoms. The molecule has 0 bridgehead atoms. The second kappa shape index (κ2) is 10.3. The fraction of sp³-hybridized carbons (Fsp3) is 0.542. The fourth-order valence-corrected chi connectivity index (χ4v) is 4.48. The second-order valence-electron chi connectivity index (χ2n) is 8.99. The molecule has 0 spiro atoms. The van der Waals surface area contributed by atoms with E-state index in [1.807, 2.05) is 35.2 Å². The van der Waals surface area contributed by atoms with E-state index in [9.17, 15) is 18.0 Å². The lowest BCUT2D eigenvalue weighted by Crippen LogP contribution is -2.31. The van der Waals surface area contributed by atoms with Gasteiger partial charge in [-0.1, -0.05) is 18.2 Å².